The molecule has 0 fully saturated rings. The number of hydrogen-bond acceptors (Lipinski definition) is 1. The van der Waals surface area contributed by atoms with Crippen LogP contribution in [0.4, 0.5) is 0 Å². The van der Waals surface area contributed by atoms with Crippen molar-refractivity contribution in [3.05, 3.63) is 0 Å². The van der Waals surface area contributed by atoms with Crippen molar-refractivity contribution in [1.82, 2.24) is 0 Å². The predicted molar refractivity (Wildman–Crippen MR) is 90.0 cm³/mol. The number of hydrogen-bond donors (Lipinski definition) is 0. The Balaban J connectivity index is -0.000000239. The molecule has 0 atom stereocenters. The monoisotopic (exact) mass is 292 g/mol. The molecule has 0 N–H and O–H groups in total. The van der Waals surface area contributed by atoms with Crippen molar-refractivity contribution in [3.63, 3.8) is 0 Å². The standard InChI is InChI=1S/C8H18.C7H13ClO.C2H6/c1-3-5-7-8-6-4-2;1-2-3-4-5-6-7(8)9;1-2/h3-8H2,1-2H3;2-6H2,1H3;1-2H3. The summed E-state index contributed by atoms with van der Waals surface area (Å²) in [4.78, 5) is 10.2. The van der Waals surface area contributed by atoms with Gasteiger partial charge in [0.05, 0.1) is 0 Å². The SMILES string of the molecule is CC.CCCCCCC(=O)Cl.CCCCCCCC. The Morgan fingerprint density at radius 2 is 1.00 bits per heavy atom. The van der Waals surface area contributed by atoms with Crippen LogP contribution in [0.2, 0.25) is 0 Å². The van der Waals surface area contributed by atoms with Gasteiger partial charge >= 0.3 is 0 Å². The summed E-state index contributed by atoms with van der Waals surface area (Å²) in [5.74, 6) is 0. The summed E-state index contributed by atoms with van der Waals surface area (Å²) in [6.45, 7) is 10.7. The van der Waals surface area contributed by atoms with E-state index in [2.05, 4.69) is 20.8 Å². The van der Waals surface area contributed by atoms with Crippen LogP contribution in [0.1, 0.15) is 105 Å². The van der Waals surface area contributed by atoms with E-state index in [1.807, 2.05) is 13.8 Å². The van der Waals surface area contributed by atoms with Crippen LogP contribution >= 0.6 is 11.6 Å². The van der Waals surface area contributed by atoms with E-state index in [0.717, 1.165) is 12.8 Å². The van der Waals surface area contributed by atoms with E-state index >= 15 is 0 Å². The van der Waals surface area contributed by atoms with E-state index in [-0.39, 0.29) is 5.24 Å². The highest BCUT2D eigenvalue weighted by molar-refractivity contribution is 6.63. The van der Waals surface area contributed by atoms with Gasteiger partial charge in [0.25, 0.3) is 0 Å². The van der Waals surface area contributed by atoms with Gasteiger partial charge in [-0.25, -0.2) is 0 Å². The first-order valence-corrected chi connectivity index (χ1v) is 8.75. The first-order valence-electron chi connectivity index (χ1n) is 8.37. The van der Waals surface area contributed by atoms with E-state index in [0.29, 0.717) is 6.42 Å². The van der Waals surface area contributed by atoms with Crippen molar-refractivity contribution in [1.29, 1.82) is 0 Å². The fraction of sp³-hybridized carbons (Fsp3) is 0.941. The molecule has 0 aliphatic carbocycles. The molecule has 19 heavy (non-hydrogen) atoms. The van der Waals surface area contributed by atoms with Crippen molar-refractivity contribution < 1.29 is 4.79 Å². The van der Waals surface area contributed by atoms with Gasteiger partial charge < -0.3 is 0 Å². The normalized spacial score (nSPS) is 8.95. The minimum atomic E-state index is -0.203. The van der Waals surface area contributed by atoms with Gasteiger partial charge in [-0.3, -0.25) is 4.79 Å². The molecule has 1 nitrogen and oxygen atoms in total. The average molecular weight is 293 g/mol. The lowest BCUT2D eigenvalue weighted by atomic mass is 10.1. The first kappa shape index (κ1) is 24.0. The maximum Gasteiger partial charge on any atom is 0.221 e. The van der Waals surface area contributed by atoms with Crippen LogP contribution in [0.3, 0.4) is 0 Å². The fourth-order valence-electron chi connectivity index (χ4n) is 1.54. The van der Waals surface area contributed by atoms with Crippen LogP contribution in [0, 0.1) is 0 Å². The van der Waals surface area contributed by atoms with Gasteiger partial charge in [-0.2, -0.15) is 0 Å². The molecule has 0 aromatic carbocycles. The lowest BCUT2D eigenvalue weighted by Crippen LogP contribution is -1.84. The highest BCUT2D eigenvalue weighted by Gasteiger charge is 1.93. The zero-order valence-electron chi connectivity index (χ0n) is 14.1. The Morgan fingerprint density at radius 3 is 1.26 bits per heavy atom. The molecule has 0 amide bonds. The topological polar surface area (TPSA) is 17.1 Å². The molecule has 0 radical (unpaired) electrons. The second-order valence-corrected chi connectivity index (χ2v) is 5.00. The van der Waals surface area contributed by atoms with Crippen LogP contribution in [-0.2, 0) is 4.79 Å². The largest absolute Gasteiger partial charge is 0.281 e. The molecular weight excluding hydrogens is 256 g/mol. The summed E-state index contributed by atoms with van der Waals surface area (Å²) in [6.07, 6.45) is 13.5. The van der Waals surface area contributed by atoms with Crippen LogP contribution in [0.5, 0.6) is 0 Å². The molecule has 0 aromatic heterocycles. The number of carbonyl (C=O) groups is 1. The van der Waals surface area contributed by atoms with Gasteiger partial charge in [0.2, 0.25) is 5.24 Å². The molecule has 2 heteroatoms. The molecule has 0 aliphatic heterocycles. The molecule has 0 heterocycles. The number of unbranched alkanes of at least 4 members (excludes halogenated alkanes) is 8. The summed E-state index contributed by atoms with van der Waals surface area (Å²) < 4.78 is 0. The van der Waals surface area contributed by atoms with Crippen molar-refractivity contribution in [2.75, 3.05) is 0 Å². The minimum absolute atomic E-state index is 0.203. The summed E-state index contributed by atoms with van der Waals surface area (Å²) in [5, 5.41) is -0.203. The molecule has 0 saturated heterocycles. The average Bonchev–Trinajstić information content (AvgIpc) is 2.43. The van der Waals surface area contributed by atoms with Crippen LogP contribution in [-0.4, -0.2) is 5.24 Å². The predicted octanol–water partition coefficient (Wildman–Crippen LogP) is 7.12. The third-order valence-electron chi connectivity index (χ3n) is 2.68. The van der Waals surface area contributed by atoms with E-state index in [1.54, 1.807) is 0 Å². The first-order chi connectivity index (χ1) is 9.18. The summed E-state index contributed by atoms with van der Waals surface area (Å²) in [7, 11) is 0. The molecule has 0 spiro atoms. The molecule has 0 aliphatic rings. The van der Waals surface area contributed by atoms with E-state index < -0.39 is 0 Å². The van der Waals surface area contributed by atoms with Gasteiger partial charge in [0.1, 0.15) is 0 Å². The summed E-state index contributed by atoms with van der Waals surface area (Å²) in [5.41, 5.74) is 0. The van der Waals surface area contributed by atoms with Gasteiger partial charge in [0.15, 0.2) is 0 Å². The number of carbonyl (C=O) groups excluding carboxylic acids is 1. The molecule has 0 bridgehead atoms. The Labute approximate surface area is 127 Å². The molecule has 0 rings (SSSR count). The van der Waals surface area contributed by atoms with Gasteiger partial charge in [0, 0.05) is 6.42 Å². The molecule has 0 saturated carbocycles. The number of rotatable bonds is 10. The Morgan fingerprint density at radius 1 is 0.684 bits per heavy atom. The molecular formula is C17H37ClO. The molecule has 0 aromatic rings. The van der Waals surface area contributed by atoms with Crippen molar-refractivity contribution in [2.45, 2.75) is 105 Å². The second kappa shape index (κ2) is 26.5. The summed E-state index contributed by atoms with van der Waals surface area (Å²) >= 11 is 5.12. The third-order valence-corrected chi connectivity index (χ3v) is 2.87. The zero-order chi connectivity index (χ0) is 15.4. The van der Waals surface area contributed by atoms with Crippen molar-refractivity contribution in [3.8, 4) is 0 Å². The van der Waals surface area contributed by atoms with E-state index in [4.69, 9.17) is 11.6 Å². The smallest absolute Gasteiger partial charge is 0.221 e. The van der Waals surface area contributed by atoms with Crippen LogP contribution < -0.4 is 0 Å². The third kappa shape index (κ3) is 38.1. The zero-order valence-corrected chi connectivity index (χ0v) is 14.8. The highest BCUT2D eigenvalue weighted by atomic mass is 35.5. The highest BCUT2D eigenvalue weighted by Crippen LogP contribution is 2.04. The number of halogens is 1. The second-order valence-electron chi connectivity index (χ2n) is 4.58. The lowest BCUT2D eigenvalue weighted by molar-refractivity contribution is -0.111. The fourth-order valence-corrected chi connectivity index (χ4v) is 1.68. The van der Waals surface area contributed by atoms with Gasteiger partial charge in [-0.15, -0.1) is 0 Å². The van der Waals surface area contributed by atoms with Crippen molar-refractivity contribution in [2.24, 2.45) is 0 Å². The Bertz CT molecular complexity index is 140. The van der Waals surface area contributed by atoms with Crippen LogP contribution in [0.25, 0.3) is 0 Å². The Hall–Kier alpha value is -0.0400. The quantitative estimate of drug-likeness (QED) is 0.309. The summed E-state index contributed by atoms with van der Waals surface area (Å²) in [6, 6.07) is 0. The molecule has 118 valence electrons. The van der Waals surface area contributed by atoms with Crippen molar-refractivity contribution >= 4 is 16.8 Å². The van der Waals surface area contributed by atoms with Gasteiger partial charge in [-0.05, 0) is 18.0 Å². The van der Waals surface area contributed by atoms with Gasteiger partial charge in [-0.1, -0.05) is 92.4 Å². The minimum Gasteiger partial charge on any atom is -0.281 e. The lowest BCUT2D eigenvalue weighted by Gasteiger charge is -1.93. The van der Waals surface area contributed by atoms with E-state index in [9.17, 15) is 4.79 Å². The maximum atomic E-state index is 10.2. The van der Waals surface area contributed by atoms with Crippen LogP contribution in [0.15, 0.2) is 0 Å². The Kier molecular flexibility index (Phi) is 33.5. The maximum absolute atomic E-state index is 10.2. The molecule has 0 unspecified atom stereocenters. The van der Waals surface area contributed by atoms with E-state index in [1.165, 1.54) is 51.4 Å².